The van der Waals surface area contributed by atoms with Gasteiger partial charge in [-0.15, -0.1) is 0 Å². The Labute approximate surface area is 596 Å². The Kier molecular flexibility index (Phi) is 18.7. The van der Waals surface area contributed by atoms with Crippen molar-refractivity contribution < 1.29 is 8.83 Å². The van der Waals surface area contributed by atoms with Crippen molar-refractivity contribution >= 4 is 67.5 Å². The van der Waals surface area contributed by atoms with Crippen LogP contribution >= 0.6 is 0 Å². The fourth-order valence-electron chi connectivity index (χ4n) is 13.8. The first-order chi connectivity index (χ1) is 50.2. The average Bonchev–Trinajstić information content (AvgIpc) is 0.812. The van der Waals surface area contributed by atoms with E-state index in [1.165, 1.54) is 0 Å². The van der Waals surface area contributed by atoms with Crippen molar-refractivity contribution in [2.75, 3.05) is 105 Å². The Morgan fingerprint density at radius 1 is 0.413 bits per heavy atom. The molecule has 14 aromatic rings. The fourth-order valence-corrected chi connectivity index (χ4v) is 13.8. The van der Waals surface area contributed by atoms with Crippen LogP contribution in [-0.2, 0) is 14.1 Å². The molecule has 4 fully saturated rings. The molecule has 12 aromatic heterocycles. The van der Waals surface area contributed by atoms with Crippen LogP contribution < -0.4 is 63.1 Å². The van der Waals surface area contributed by atoms with Crippen LogP contribution in [0.5, 0.6) is 0 Å². The minimum Gasteiger partial charge on any atom is -0.441 e. The van der Waals surface area contributed by atoms with Gasteiger partial charge in [-0.05, 0) is 100 Å². The SMILES string of the molecule is C[C@H]1CN(c2ccc3nc(-c4cnn(C)c4)cc(=O)n3c2)CCN1.Cc1nc2ccc(-c3cc(=O)n4cc(N5CCNC(C)(C)C5)ccc4n3)cc2o1.Cc1nc2ccc(-c3cc(=O)n4cc(N5CCN[C@H](C)C5)ccc4n3)cc2o1.Cn1cc(-c2cc(=O)n3cc(N4CCNCC4)ccc3n2)cn1. The molecular formula is C76H82N22O6. The lowest BCUT2D eigenvalue weighted by Crippen LogP contribution is -2.57. The minimum absolute atomic E-state index is 0.0397. The molecule has 532 valence electrons. The molecule has 4 aliphatic rings. The Morgan fingerprint density at radius 3 is 1.15 bits per heavy atom. The van der Waals surface area contributed by atoms with E-state index in [1.807, 2.05) is 150 Å². The maximum absolute atomic E-state index is 12.9. The van der Waals surface area contributed by atoms with Crippen LogP contribution in [0.2, 0.25) is 0 Å². The van der Waals surface area contributed by atoms with Gasteiger partial charge in [-0.25, -0.2) is 29.9 Å². The van der Waals surface area contributed by atoms with Crippen molar-refractivity contribution in [1.29, 1.82) is 0 Å². The van der Waals surface area contributed by atoms with E-state index in [0.29, 0.717) is 80.4 Å². The second-order valence-corrected chi connectivity index (χ2v) is 27.6. The highest BCUT2D eigenvalue weighted by molar-refractivity contribution is 5.81. The molecule has 18 rings (SSSR count). The van der Waals surface area contributed by atoms with Gasteiger partial charge in [0.25, 0.3) is 22.2 Å². The van der Waals surface area contributed by atoms with E-state index in [4.69, 9.17) is 18.8 Å². The second kappa shape index (κ2) is 28.6. The minimum atomic E-state index is -0.102. The molecule has 0 aliphatic carbocycles. The molecule has 16 heterocycles. The zero-order chi connectivity index (χ0) is 71.9. The Bertz CT molecular complexity index is 5780. The Balaban J connectivity index is 0.000000112. The molecule has 2 aromatic carbocycles. The molecule has 0 radical (unpaired) electrons. The van der Waals surface area contributed by atoms with E-state index < -0.39 is 0 Å². The monoisotopic (exact) mass is 1400 g/mol. The molecule has 0 unspecified atom stereocenters. The molecule has 0 amide bonds. The summed E-state index contributed by atoms with van der Waals surface area (Å²) in [6.45, 7) is 24.5. The summed E-state index contributed by atoms with van der Waals surface area (Å²) < 4.78 is 21.1. The lowest BCUT2D eigenvalue weighted by atomic mass is 10.0. The molecule has 2 atom stereocenters. The summed E-state index contributed by atoms with van der Waals surface area (Å²) in [6, 6.07) is 34.3. The van der Waals surface area contributed by atoms with E-state index in [0.717, 1.165) is 141 Å². The van der Waals surface area contributed by atoms with Crippen LogP contribution in [0, 0.1) is 13.8 Å². The molecule has 28 heteroatoms. The summed E-state index contributed by atoms with van der Waals surface area (Å²) in [7, 11) is 3.69. The van der Waals surface area contributed by atoms with Crippen molar-refractivity contribution in [2.45, 2.75) is 59.2 Å². The van der Waals surface area contributed by atoms with Crippen LogP contribution in [0.25, 0.3) is 89.8 Å². The van der Waals surface area contributed by atoms with Gasteiger partial charge in [0, 0.05) is 214 Å². The summed E-state index contributed by atoms with van der Waals surface area (Å²) >= 11 is 0. The topological polar surface area (TPSA) is 286 Å². The van der Waals surface area contributed by atoms with Gasteiger partial charge in [-0.3, -0.25) is 46.1 Å². The highest BCUT2D eigenvalue weighted by Crippen LogP contribution is 2.28. The molecule has 4 N–H and O–H groups in total. The average molecular weight is 1400 g/mol. The third-order valence-corrected chi connectivity index (χ3v) is 19.0. The number of nitrogens with one attached hydrogen (secondary N) is 4. The van der Waals surface area contributed by atoms with E-state index in [-0.39, 0.29) is 27.8 Å². The number of pyridine rings is 4. The lowest BCUT2D eigenvalue weighted by Gasteiger charge is -2.40. The number of benzene rings is 2. The summed E-state index contributed by atoms with van der Waals surface area (Å²) in [5.74, 6) is 1.24. The quantitative estimate of drug-likeness (QED) is 0.119. The highest BCUT2D eigenvalue weighted by atomic mass is 16.4. The van der Waals surface area contributed by atoms with Crippen LogP contribution in [0.3, 0.4) is 0 Å². The number of rotatable bonds is 8. The van der Waals surface area contributed by atoms with Gasteiger partial charge in [0.2, 0.25) is 0 Å². The second-order valence-electron chi connectivity index (χ2n) is 27.6. The van der Waals surface area contributed by atoms with Gasteiger partial charge in [0.1, 0.15) is 33.6 Å². The first-order valence-electron chi connectivity index (χ1n) is 35.0. The summed E-state index contributed by atoms with van der Waals surface area (Å²) in [4.78, 5) is 87.1. The predicted octanol–water partition coefficient (Wildman–Crippen LogP) is 7.01. The molecule has 104 heavy (non-hydrogen) atoms. The predicted molar refractivity (Wildman–Crippen MR) is 404 cm³/mol. The third kappa shape index (κ3) is 14.8. The molecule has 0 saturated carbocycles. The van der Waals surface area contributed by atoms with Crippen molar-refractivity contribution in [3.63, 3.8) is 0 Å². The van der Waals surface area contributed by atoms with Gasteiger partial charge in [-0.2, -0.15) is 10.2 Å². The molecule has 4 saturated heterocycles. The first-order valence-corrected chi connectivity index (χ1v) is 35.0. The highest BCUT2D eigenvalue weighted by Gasteiger charge is 2.27. The zero-order valence-electron chi connectivity index (χ0n) is 59.4. The molecular weight excluding hydrogens is 1320 g/mol. The molecule has 4 aliphatic heterocycles. The van der Waals surface area contributed by atoms with Crippen LogP contribution in [0.15, 0.2) is 187 Å². The van der Waals surface area contributed by atoms with Crippen LogP contribution in [-0.4, -0.2) is 170 Å². The summed E-state index contributed by atoms with van der Waals surface area (Å²) in [6.07, 6.45) is 14.7. The number of aromatic nitrogens is 14. The number of aryl methyl sites for hydroxylation is 4. The van der Waals surface area contributed by atoms with Crippen LogP contribution in [0.4, 0.5) is 22.7 Å². The molecule has 28 nitrogen and oxygen atoms in total. The first kappa shape index (κ1) is 68.1. The fraction of sp³-hybridized carbons (Fsp3) is 0.316. The number of nitrogens with zero attached hydrogens (tertiary/aromatic N) is 18. The third-order valence-electron chi connectivity index (χ3n) is 19.0. The Hall–Kier alpha value is -11.7. The number of hydrogen-bond acceptors (Lipinski definition) is 22. The Morgan fingerprint density at radius 2 is 0.779 bits per heavy atom. The van der Waals surface area contributed by atoms with Gasteiger partial charge in [0.15, 0.2) is 22.9 Å². The van der Waals surface area contributed by atoms with E-state index in [9.17, 15) is 19.2 Å². The largest absolute Gasteiger partial charge is 0.441 e. The van der Waals surface area contributed by atoms with E-state index in [1.54, 1.807) is 63.6 Å². The normalized spacial score (nSPS) is 16.9. The zero-order valence-corrected chi connectivity index (χ0v) is 59.4. The van der Waals surface area contributed by atoms with Gasteiger partial charge in [0.05, 0.1) is 57.9 Å². The van der Waals surface area contributed by atoms with Crippen molar-refractivity contribution in [3.05, 3.63) is 212 Å². The molecule has 0 spiro atoms. The summed E-state index contributed by atoms with van der Waals surface area (Å²) in [5, 5.41) is 22.0. The lowest BCUT2D eigenvalue weighted by molar-refractivity contribution is 0.353. The molecule has 0 bridgehead atoms. The summed E-state index contributed by atoms with van der Waals surface area (Å²) in [5.41, 5.74) is 15.3. The van der Waals surface area contributed by atoms with Crippen molar-refractivity contribution in [2.24, 2.45) is 14.1 Å². The number of fused-ring (bicyclic) bond motifs is 6. The number of piperazine rings is 4. The van der Waals surface area contributed by atoms with Crippen molar-refractivity contribution in [1.82, 2.24) is 88.3 Å². The maximum Gasteiger partial charge on any atom is 0.258 e. The van der Waals surface area contributed by atoms with Gasteiger partial charge >= 0.3 is 0 Å². The van der Waals surface area contributed by atoms with Crippen molar-refractivity contribution in [3.8, 4) is 45.0 Å². The number of anilines is 4. The van der Waals surface area contributed by atoms with Gasteiger partial charge < -0.3 is 49.7 Å². The van der Waals surface area contributed by atoms with Crippen LogP contribution in [0.1, 0.15) is 39.5 Å². The number of oxazole rings is 2. The number of hydrogen-bond donors (Lipinski definition) is 4. The van der Waals surface area contributed by atoms with E-state index >= 15 is 0 Å². The van der Waals surface area contributed by atoms with E-state index in [2.05, 4.69) is 98.7 Å². The van der Waals surface area contributed by atoms with Gasteiger partial charge in [-0.1, -0.05) is 12.1 Å². The maximum atomic E-state index is 12.9. The standard InChI is InChI=1S/C22H23N5O2.C21H21N5O2.C17H20N6O.C16H18N6O/c1-14-24-17-6-4-15(10-19(17)29-14)18-11-21(28)27-12-16(5-7-20(27)25-18)26-9-8-23-22(2,3)13-26;1-13-11-25(8-7-22-13)16-4-6-20-24-18(10-21(27)26(20)12-16)15-3-5-17-19(9-15)28-14(2)23-17;1-12-9-22(6-5-18-12)14-3-4-16-20-15(7-17(24)23(16)11-14)13-8-19-21(2)10-13;1-20-10-12(9-18-20)14-8-16(23)22-11-13(2-3-15(22)19-14)21-6-4-17-5-7-21/h4-7,10-12,23H,8-9,13H2,1-3H3;3-6,9-10,12-13,22H,7-8,11H2,1-2H3;3-4,7-8,10-12,18H,5-6,9H2,1-2H3;2-3,8-11,17H,4-7H2,1H3/t;13-;12-;/m.10./s1. The smallest absolute Gasteiger partial charge is 0.258 e.